The quantitative estimate of drug-likeness (QED) is 0.663. The average Bonchev–Trinajstić information content (AvgIpc) is 2.46. The molecule has 0 unspecified atom stereocenters. The van der Waals surface area contributed by atoms with Gasteiger partial charge in [0.15, 0.2) is 0 Å². The average molecular weight is 279 g/mol. The van der Waals surface area contributed by atoms with E-state index in [0.29, 0.717) is 11.9 Å². The molecule has 1 aromatic rings. The first-order valence-corrected chi connectivity index (χ1v) is 6.89. The number of nitrogen functional groups attached to an aromatic ring is 1. The Labute approximate surface area is 118 Å². The van der Waals surface area contributed by atoms with Crippen LogP contribution in [0.2, 0.25) is 0 Å². The van der Waals surface area contributed by atoms with E-state index < -0.39 is 4.92 Å². The Morgan fingerprint density at radius 3 is 2.65 bits per heavy atom. The lowest BCUT2D eigenvalue weighted by molar-refractivity contribution is -0.384. The lowest BCUT2D eigenvalue weighted by atomic mass is 10.0. The molecule has 1 aliphatic heterocycles. The highest BCUT2D eigenvalue weighted by atomic mass is 16.6. The van der Waals surface area contributed by atoms with Crippen molar-refractivity contribution in [2.45, 2.75) is 25.8 Å². The molecule has 20 heavy (non-hydrogen) atoms. The van der Waals surface area contributed by atoms with E-state index in [0.717, 1.165) is 32.5 Å². The molecule has 7 heteroatoms. The Bertz CT molecular complexity index is 486. The van der Waals surface area contributed by atoms with Gasteiger partial charge in [-0.2, -0.15) is 0 Å². The van der Waals surface area contributed by atoms with Crippen LogP contribution in [0, 0.1) is 10.1 Å². The SMILES string of the molecule is CCN1CCC(N(C)c2ccc([N+](=O)[O-])c(N)n2)CC1. The van der Waals surface area contributed by atoms with Crippen molar-refractivity contribution in [1.29, 1.82) is 0 Å². The van der Waals surface area contributed by atoms with Crippen LogP contribution in [-0.4, -0.2) is 47.5 Å². The zero-order valence-corrected chi connectivity index (χ0v) is 12.0. The molecule has 0 aliphatic carbocycles. The van der Waals surface area contributed by atoms with Crippen LogP contribution in [0.1, 0.15) is 19.8 Å². The topological polar surface area (TPSA) is 88.5 Å². The van der Waals surface area contributed by atoms with Crippen LogP contribution >= 0.6 is 0 Å². The summed E-state index contributed by atoms with van der Waals surface area (Å²) in [5.41, 5.74) is 5.51. The minimum absolute atomic E-state index is 0.0228. The molecule has 0 spiro atoms. The maximum absolute atomic E-state index is 10.7. The van der Waals surface area contributed by atoms with Crippen LogP contribution in [0.4, 0.5) is 17.3 Å². The highest BCUT2D eigenvalue weighted by Crippen LogP contribution is 2.25. The van der Waals surface area contributed by atoms with Gasteiger partial charge >= 0.3 is 5.69 Å². The van der Waals surface area contributed by atoms with E-state index in [2.05, 4.69) is 21.7 Å². The van der Waals surface area contributed by atoms with Gasteiger partial charge in [0, 0.05) is 32.2 Å². The van der Waals surface area contributed by atoms with Gasteiger partial charge in [-0.15, -0.1) is 0 Å². The van der Waals surface area contributed by atoms with Crippen molar-refractivity contribution in [1.82, 2.24) is 9.88 Å². The Hall–Kier alpha value is -1.89. The lowest BCUT2D eigenvalue weighted by Gasteiger charge is -2.36. The molecule has 110 valence electrons. The first-order chi connectivity index (χ1) is 9.52. The summed E-state index contributed by atoms with van der Waals surface area (Å²) in [6, 6.07) is 3.50. The van der Waals surface area contributed by atoms with Gasteiger partial charge in [0.05, 0.1) is 4.92 Å². The van der Waals surface area contributed by atoms with E-state index in [1.807, 2.05) is 7.05 Å². The third kappa shape index (κ3) is 2.98. The third-order valence-electron chi connectivity index (χ3n) is 4.00. The molecule has 0 amide bonds. The van der Waals surface area contributed by atoms with Gasteiger partial charge in [-0.1, -0.05) is 6.92 Å². The molecule has 7 nitrogen and oxygen atoms in total. The fourth-order valence-corrected chi connectivity index (χ4v) is 2.62. The van der Waals surface area contributed by atoms with Crippen molar-refractivity contribution in [2.24, 2.45) is 0 Å². The highest BCUT2D eigenvalue weighted by Gasteiger charge is 2.23. The molecule has 1 aliphatic rings. The Morgan fingerprint density at radius 1 is 1.50 bits per heavy atom. The Morgan fingerprint density at radius 2 is 2.15 bits per heavy atom. The van der Waals surface area contributed by atoms with Gasteiger partial charge in [-0.05, 0) is 25.5 Å². The van der Waals surface area contributed by atoms with Gasteiger partial charge in [-0.3, -0.25) is 10.1 Å². The van der Waals surface area contributed by atoms with Crippen molar-refractivity contribution >= 4 is 17.3 Å². The number of anilines is 2. The second-order valence-electron chi connectivity index (χ2n) is 5.11. The molecule has 2 rings (SSSR count). The number of nitro groups is 1. The molecule has 2 heterocycles. The number of nitrogens with zero attached hydrogens (tertiary/aromatic N) is 4. The number of nitrogens with two attached hydrogens (primary N) is 1. The summed E-state index contributed by atoms with van der Waals surface area (Å²) in [5, 5.41) is 10.7. The number of piperidine rings is 1. The predicted molar refractivity (Wildman–Crippen MR) is 78.8 cm³/mol. The van der Waals surface area contributed by atoms with E-state index in [4.69, 9.17) is 5.73 Å². The van der Waals surface area contributed by atoms with Crippen molar-refractivity contribution in [2.75, 3.05) is 37.3 Å². The monoisotopic (exact) mass is 279 g/mol. The normalized spacial score (nSPS) is 17.1. The number of aromatic nitrogens is 1. The van der Waals surface area contributed by atoms with Gasteiger partial charge in [0.1, 0.15) is 5.82 Å². The van der Waals surface area contributed by atoms with E-state index in [-0.39, 0.29) is 11.5 Å². The van der Waals surface area contributed by atoms with Crippen LogP contribution in [0.5, 0.6) is 0 Å². The molecule has 0 saturated carbocycles. The molecule has 1 aromatic heterocycles. The molecule has 0 atom stereocenters. The van der Waals surface area contributed by atoms with Crippen molar-refractivity contribution < 1.29 is 4.92 Å². The standard InChI is InChI=1S/C13H21N5O2/c1-3-17-8-6-10(7-9-17)16(2)12-5-4-11(18(19)20)13(14)15-12/h4-5,10H,3,6-9H2,1-2H3,(H2,14,15). The summed E-state index contributed by atoms with van der Waals surface area (Å²) in [5.74, 6) is 0.674. The van der Waals surface area contributed by atoms with Gasteiger partial charge in [-0.25, -0.2) is 4.98 Å². The first kappa shape index (κ1) is 14.5. The minimum Gasteiger partial charge on any atom is -0.378 e. The van der Waals surface area contributed by atoms with Crippen LogP contribution < -0.4 is 10.6 Å². The van der Waals surface area contributed by atoms with Gasteiger partial charge in [0.2, 0.25) is 5.82 Å². The molecule has 0 aromatic carbocycles. The zero-order chi connectivity index (χ0) is 14.7. The molecule has 0 radical (unpaired) electrons. The summed E-state index contributed by atoms with van der Waals surface area (Å²) < 4.78 is 0. The smallest absolute Gasteiger partial charge is 0.311 e. The molecule has 0 bridgehead atoms. The second-order valence-corrected chi connectivity index (χ2v) is 5.11. The van der Waals surface area contributed by atoms with Crippen molar-refractivity contribution in [3.63, 3.8) is 0 Å². The largest absolute Gasteiger partial charge is 0.378 e. The maximum atomic E-state index is 10.7. The number of hydrogen-bond donors (Lipinski definition) is 1. The summed E-state index contributed by atoms with van der Waals surface area (Å²) >= 11 is 0. The molecule has 1 saturated heterocycles. The molecular formula is C13H21N5O2. The Kier molecular flexibility index (Phi) is 4.39. The number of hydrogen-bond acceptors (Lipinski definition) is 6. The fourth-order valence-electron chi connectivity index (χ4n) is 2.62. The number of likely N-dealkylation sites (tertiary alicyclic amines) is 1. The van der Waals surface area contributed by atoms with Gasteiger partial charge < -0.3 is 15.5 Å². The summed E-state index contributed by atoms with van der Waals surface area (Å²) in [6.07, 6.45) is 2.14. The van der Waals surface area contributed by atoms with Crippen LogP contribution in [0.3, 0.4) is 0 Å². The number of pyridine rings is 1. The number of rotatable bonds is 4. The zero-order valence-electron chi connectivity index (χ0n) is 12.0. The van der Waals surface area contributed by atoms with E-state index >= 15 is 0 Å². The third-order valence-corrected chi connectivity index (χ3v) is 4.00. The molecular weight excluding hydrogens is 258 g/mol. The van der Waals surface area contributed by atoms with Crippen LogP contribution in [-0.2, 0) is 0 Å². The van der Waals surface area contributed by atoms with E-state index in [1.165, 1.54) is 6.07 Å². The summed E-state index contributed by atoms with van der Waals surface area (Å²) in [6.45, 7) is 5.41. The maximum Gasteiger partial charge on any atom is 0.311 e. The van der Waals surface area contributed by atoms with Crippen LogP contribution in [0.15, 0.2) is 12.1 Å². The van der Waals surface area contributed by atoms with E-state index in [1.54, 1.807) is 6.07 Å². The Balaban J connectivity index is 2.08. The van der Waals surface area contributed by atoms with Crippen LogP contribution in [0.25, 0.3) is 0 Å². The lowest BCUT2D eigenvalue weighted by Crippen LogP contribution is -2.43. The highest BCUT2D eigenvalue weighted by molar-refractivity contribution is 5.58. The minimum atomic E-state index is -0.508. The molecule has 2 N–H and O–H groups in total. The van der Waals surface area contributed by atoms with E-state index in [9.17, 15) is 10.1 Å². The van der Waals surface area contributed by atoms with Crippen molar-refractivity contribution in [3.05, 3.63) is 22.2 Å². The van der Waals surface area contributed by atoms with Crippen molar-refractivity contribution in [3.8, 4) is 0 Å². The predicted octanol–water partition coefficient (Wildman–Crippen LogP) is 1.49. The molecule has 1 fully saturated rings. The fraction of sp³-hybridized carbons (Fsp3) is 0.615. The first-order valence-electron chi connectivity index (χ1n) is 6.89. The van der Waals surface area contributed by atoms with Gasteiger partial charge in [0.25, 0.3) is 0 Å². The summed E-state index contributed by atoms with van der Waals surface area (Å²) in [4.78, 5) is 18.9. The second kappa shape index (κ2) is 6.04. The summed E-state index contributed by atoms with van der Waals surface area (Å²) in [7, 11) is 1.97.